The number of hydrogen-bond acceptors (Lipinski definition) is 18. The molecular formula is C105H98N8O10S. The molecule has 0 unspecified atom stereocenters. The largest absolute Gasteiger partial charge is 0.457 e. The molecule has 124 heavy (non-hydrogen) atoms. The van der Waals surface area contributed by atoms with Gasteiger partial charge < -0.3 is 83.8 Å². The maximum atomic E-state index is 12.9. The fraction of sp³-hybridized carbons (Fsp3) is 0.0857. The molecule has 0 saturated heterocycles. The van der Waals surface area contributed by atoms with Gasteiger partial charge in [0.25, 0.3) is 0 Å². The summed E-state index contributed by atoms with van der Waals surface area (Å²) < 4.78 is 72.8. The molecule has 0 heterocycles. The van der Waals surface area contributed by atoms with E-state index in [1.54, 1.807) is 72.8 Å². The van der Waals surface area contributed by atoms with Gasteiger partial charge in [-0.05, 0) is 300 Å². The van der Waals surface area contributed by atoms with Crippen LogP contribution >= 0.6 is 0 Å². The van der Waals surface area contributed by atoms with Gasteiger partial charge in [0.1, 0.15) is 92.0 Å². The predicted octanol–water partition coefficient (Wildman–Crippen LogP) is 25.6. The van der Waals surface area contributed by atoms with Gasteiger partial charge in [-0.15, -0.1) is 0 Å². The van der Waals surface area contributed by atoms with E-state index < -0.39 is 9.84 Å². The molecule has 0 aromatic heterocycles. The van der Waals surface area contributed by atoms with Gasteiger partial charge in [0, 0.05) is 62.5 Å². The van der Waals surface area contributed by atoms with E-state index in [4.69, 9.17) is 83.8 Å². The SMILES string of the molecule is CC(C)(c1ccc(Oc2ccc(N)cc2)cc1)c1ccc(Oc2ccc(N)cc2)cc1.CC(C)(c1ccc(Oc2cccc(N)c2)cc1)c1ccc(Oc2cccc(N)c2)cc1.CC(C)(c1ccc(Oc2ccccc2N)cc1)c1ccc(Oc2ccccc2N)cc1.Nc1ccc(Oc2ccc(S(=O)(=O)c3ccc(Oc4ccc(N)cc4)cc3)cc2)cc1. The van der Waals surface area contributed by atoms with Crippen molar-refractivity contribution >= 4 is 55.3 Å². The quantitative estimate of drug-likeness (QED) is 0.0261. The van der Waals surface area contributed by atoms with E-state index in [2.05, 4.69) is 114 Å². The summed E-state index contributed by atoms with van der Waals surface area (Å²) in [7, 11) is -3.67. The minimum atomic E-state index is -3.67. The lowest BCUT2D eigenvalue weighted by Gasteiger charge is -2.26. The molecule has 0 spiro atoms. The molecule has 0 atom stereocenters. The van der Waals surface area contributed by atoms with Crippen molar-refractivity contribution in [3.63, 3.8) is 0 Å². The minimum Gasteiger partial charge on any atom is -0.457 e. The number of nitrogen functional groups attached to an aromatic ring is 8. The number of para-hydroxylation sites is 4. The average Bonchev–Trinajstić information content (AvgIpc) is 0.811. The zero-order chi connectivity index (χ0) is 87.4. The predicted molar refractivity (Wildman–Crippen MR) is 501 cm³/mol. The van der Waals surface area contributed by atoms with Gasteiger partial charge in [-0.25, -0.2) is 8.42 Å². The maximum absolute atomic E-state index is 12.9. The first-order valence-corrected chi connectivity index (χ1v) is 41.5. The molecule has 0 aliphatic heterocycles. The normalized spacial score (nSPS) is 11.1. The number of hydrogen-bond donors (Lipinski definition) is 8. The lowest BCUT2D eigenvalue weighted by Crippen LogP contribution is -2.18. The molecule has 19 heteroatoms. The second-order valence-corrected chi connectivity index (χ2v) is 32.7. The fourth-order valence-corrected chi connectivity index (χ4v) is 14.4. The van der Waals surface area contributed by atoms with Gasteiger partial charge >= 0.3 is 0 Å². The molecule has 0 aliphatic carbocycles. The van der Waals surface area contributed by atoms with E-state index in [1.165, 1.54) is 57.6 Å². The Bertz CT molecular complexity index is 5910. The molecule has 16 rings (SSSR count). The number of nitrogens with two attached hydrogens (primary N) is 8. The Hall–Kier alpha value is -15.7. The molecule has 0 bridgehead atoms. The Labute approximate surface area is 724 Å². The summed E-state index contributed by atoms with van der Waals surface area (Å²) >= 11 is 0. The molecule has 0 radical (unpaired) electrons. The van der Waals surface area contributed by atoms with Crippen LogP contribution in [0.1, 0.15) is 74.9 Å². The average molecular weight is 1660 g/mol. The third kappa shape index (κ3) is 23.0. The highest BCUT2D eigenvalue weighted by atomic mass is 32.2. The van der Waals surface area contributed by atoms with E-state index in [1.807, 2.05) is 218 Å². The van der Waals surface area contributed by atoms with Crippen LogP contribution in [0.25, 0.3) is 0 Å². The molecule has 16 aromatic carbocycles. The lowest BCUT2D eigenvalue weighted by atomic mass is 9.78. The van der Waals surface area contributed by atoms with Crippen LogP contribution in [0, 0.1) is 0 Å². The first kappa shape index (κ1) is 86.1. The van der Waals surface area contributed by atoms with Crippen LogP contribution in [-0.2, 0) is 26.1 Å². The minimum absolute atomic E-state index is 0.167. The van der Waals surface area contributed by atoms with E-state index in [9.17, 15) is 8.42 Å². The van der Waals surface area contributed by atoms with Gasteiger partial charge in [-0.3, -0.25) is 0 Å². The summed E-state index contributed by atoms with van der Waals surface area (Å²) in [6.45, 7) is 13.2. The summed E-state index contributed by atoms with van der Waals surface area (Å²) in [6.07, 6.45) is 0. The monoisotopic (exact) mass is 1660 g/mol. The molecular weight excluding hydrogens is 1570 g/mol. The van der Waals surface area contributed by atoms with Crippen molar-refractivity contribution in [2.75, 3.05) is 45.9 Å². The van der Waals surface area contributed by atoms with Crippen molar-refractivity contribution in [1.29, 1.82) is 0 Å². The molecule has 16 aromatic rings. The first-order chi connectivity index (χ1) is 59.6. The number of sulfone groups is 1. The Morgan fingerprint density at radius 2 is 0.371 bits per heavy atom. The fourth-order valence-electron chi connectivity index (χ4n) is 13.2. The third-order valence-corrected chi connectivity index (χ3v) is 22.5. The van der Waals surface area contributed by atoms with Crippen molar-refractivity contribution < 1.29 is 46.3 Å². The lowest BCUT2D eigenvalue weighted by molar-refractivity contribution is 0.480. The third-order valence-electron chi connectivity index (χ3n) is 20.7. The Balaban J connectivity index is 0.000000142. The van der Waals surface area contributed by atoms with E-state index in [-0.39, 0.29) is 26.0 Å². The summed E-state index contributed by atoms with van der Waals surface area (Å²) in [5, 5.41) is 0. The number of anilines is 8. The van der Waals surface area contributed by atoms with Crippen molar-refractivity contribution in [2.24, 2.45) is 0 Å². The van der Waals surface area contributed by atoms with Crippen LogP contribution < -0.4 is 83.8 Å². The van der Waals surface area contributed by atoms with Crippen LogP contribution in [0.15, 0.2) is 398 Å². The Morgan fingerprint density at radius 3 is 0.581 bits per heavy atom. The van der Waals surface area contributed by atoms with Crippen LogP contribution in [0.2, 0.25) is 0 Å². The Morgan fingerprint density at radius 1 is 0.185 bits per heavy atom. The standard InChI is InChI=1S/3C27H26N2O2.C24H20N2O4S/c1-27(2,19-3-11-23(12-4-19)30-25-15-7-21(28)8-16-25)20-5-13-24(14-6-20)31-26-17-9-22(29)10-18-26;1-27(2,19-9-13-23(14-10-19)30-25-7-3-5-21(28)17-25)20-11-15-24(16-12-20)31-26-8-4-6-22(29)18-26;1-27(2,19-11-15-21(16-12-19)30-25-9-5-3-7-23(25)28)20-13-17-22(18-14-20)31-26-10-6-4-8-24(26)29;25-17-1-5-19(6-2-17)29-21-9-13-23(14-10-21)31(27,28)24-15-11-22(12-16-24)30-20-7-3-18(26)4-8-20/h3*3-18H,28-29H2,1-2H3;1-16H,25-26H2. The van der Waals surface area contributed by atoms with Gasteiger partial charge in [0.05, 0.1) is 21.2 Å². The van der Waals surface area contributed by atoms with Crippen molar-refractivity contribution in [2.45, 2.75) is 67.6 Å². The van der Waals surface area contributed by atoms with Crippen LogP contribution in [0.3, 0.4) is 0 Å². The second kappa shape index (κ2) is 39.0. The maximum Gasteiger partial charge on any atom is 0.206 e. The van der Waals surface area contributed by atoms with Crippen molar-refractivity contribution in [3.8, 4) is 92.0 Å². The van der Waals surface area contributed by atoms with Crippen LogP contribution in [0.4, 0.5) is 45.5 Å². The van der Waals surface area contributed by atoms with E-state index in [0.717, 1.165) is 57.5 Å². The van der Waals surface area contributed by atoms with E-state index >= 15 is 0 Å². The molecule has 16 N–H and O–H groups in total. The van der Waals surface area contributed by atoms with Crippen molar-refractivity contribution in [1.82, 2.24) is 0 Å². The van der Waals surface area contributed by atoms with Gasteiger partial charge in [-0.1, -0.05) is 151 Å². The number of rotatable bonds is 24. The molecule has 624 valence electrons. The summed E-state index contributed by atoms with van der Waals surface area (Å²) in [5.74, 6) is 11.2. The van der Waals surface area contributed by atoms with Gasteiger partial charge in [0.15, 0.2) is 0 Å². The molecule has 0 aliphatic rings. The second-order valence-electron chi connectivity index (χ2n) is 30.8. The zero-order valence-corrected chi connectivity index (χ0v) is 70.4. The zero-order valence-electron chi connectivity index (χ0n) is 69.6. The van der Waals surface area contributed by atoms with Crippen LogP contribution in [0.5, 0.6) is 92.0 Å². The van der Waals surface area contributed by atoms with Crippen LogP contribution in [-0.4, -0.2) is 8.42 Å². The summed E-state index contributed by atoms with van der Waals surface area (Å²) in [6, 6.07) is 120. The number of benzene rings is 16. The van der Waals surface area contributed by atoms with E-state index in [0.29, 0.717) is 80.0 Å². The molecule has 0 fully saturated rings. The first-order valence-electron chi connectivity index (χ1n) is 40.0. The molecule has 18 nitrogen and oxygen atoms in total. The Kier molecular flexibility index (Phi) is 27.1. The topological polar surface area (TPSA) is 316 Å². The highest BCUT2D eigenvalue weighted by molar-refractivity contribution is 7.91. The van der Waals surface area contributed by atoms with Crippen molar-refractivity contribution in [3.05, 3.63) is 422 Å². The highest BCUT2D eigenvalue weighted by Gasteiger charge is 2.27. The van der Waals surface area contributed by atoms with Gasteiger partial charge in [-0.2, -0.15) is 0 Å². The summed E-state index contributed by atoms with van der Waals surface area (Å²) in [4.78, 5) is 0.341. The van der Waals surface area contributed by atoms with Gasteiger partial charge in [0.2, 0.25) is 9.84 Å². The number of ether oxygens (including phenoxy) is 8. The highest BCUT2D eigenvalue weighted by Crippen LogP contribution is 2.41. The summed E-state index contributed by atoms with van der Waals surface area (Å²) in [5.41, 5.74) is 58.3. The molecule has 0 amide bonds. The molecule has 0 saturated carbocycles. The smallest absolute Gasteiger partial charge is 0.206 e.